The summed E-state index contributed by atoms with van der Waals surface area (Å²) < 4.78 is 9.93. The molecule has 6 nitrogen and oxygen atoms in total. The van der Waals surface area contributed by atoms with Crippen LogP contribution in [0, 0.1) is 5.41 Å². The lowest BCUT2D eigenvalue weighted by molar-refractivity contribution is -0.670. The third-order valence-corrected chi connectivity index (χ3v) is 4.54. The quantitative estimate of drug-likeness (QED) is 0.434. The summed E-state index contributed by atoms with van der Waals surface area (Å²) in [5.74, 6) is 1.42. The van der Waals surface area contributed by atoms with Gasteiger partial charge in [-0.2, -0.15) is 0 Å². The Balaban J connectivity index is 1.53. The van der Waals surface area contributed by atoms with E-state index in [-0.39, 0.29) is 0 Å². The molecule has 4 rings (SSSR count). The Morgan fingerprint density at radius 1 is 1.33 bits per heavy atom. The topological polar surface area (TPSA) is 61.1 Å². The molecule has 0 aliphatic carbocycles. The van der Waals surface area contributed by atoms with Gasteiger partial charge >= 0.3 is 0 Å². The van der Waals surface area contributed by atoms with E-state index in [0.717, 1.165) is 37.5 Å². The zero-order chi connectivity index (χ0) is 16.5. The molecule has 3 aromatic heterocycles. The third-order valence-electron chi connectivity index (χ3n) is 4.54. The highest BCUT2D eigenvalue weighted by molar-refractivity contribution is 5.96. The van der Waals surface area contributed by atoms with Gasteiger partial charge in [0, 0.05) is 38.4 Å². The number of amidine groups is 1. The van der Waals surface area contributed by atoms with Gasteiger partial charge in [0.15, 0.2) is 12.4 Å². The van der Waals surface area contributed by atoms with Crippen molar-refractivity contribution >= 4 is 16.7 Å². The second-order valence-electron chi connectivity index (χ2n) is 6.28. The summed E-state index contributed by atoms with van der Waals surface area (Å²) in [6, 6.07) is 6.21. The van der Waals surface area contributed by atoms with Crippen LogP contribution in [-0.4, -0.2) is 41.5 Å². The summed E-state index contributed by atoms with van der Waals surface area (Å²) in [4.78, 5) is 2.09. The normalized spacial score (nSPS) is 15.1. The van der Waals surface area contributed by atoms with Crippen LogP contribution in [0.2, 0.25) is 0 Å². The molecule has 0 amide bonds. The van der Waals surface area contributed by atoms with Gasteiger partial charge in [-0.15, -0.1) is 0 Å². The first-order chi connectivity index (χ1) is 11.7. The number of hydrogen-bond donors (Lipinski definition) is 2. The van der Waals surface area contributed by atoms with Crippen molar-refractivity contribution in [1.82, 2.24) is 14.8 Å². The maximum atomic E-state index is 8.37. The van der Waals surface area contributed by atoms with Crippen LogP contribution < -0.4 is 9.88 Å². The molecule has 2 N–H and O–H groups in total. The smallest absolute Gasteiger partial charge is 0.177 e. The van der Waals surface area contributed by atoms with E-state index in [0.29, 0.717) is 12.4 Å². The highest BCUT2D eigenvalue weighted by Gasteiger charge is 2.17. The predicted octanol–water partition coefficient (Wildman–Crippen LogP) is 1.34. The van der Waals surface area contributed by atoms with Gasteiger partial charge in [-0.25, -0.2) is 4.57 Å². The van der Waals surface area contributed by atoms with Gasteiger partial charge in [0.2, 0.25) is 0 Å². The zero-order valence-corrected chi connectivity index (χ0v) is 13.8. The second-order valence-corrected chi connectivity index (χ2v) is 6.28. The van der Waals surface area contributed by atoms with E-state index in [1.165, 1.54) is 10.9 Å². The third kappa shape index (κ3) is 2.80. The van der Waals surface area contributed by atoms with Crippen LogP contribution in [0.15, 0.2) is 47.5 Å². The fraction of sp³-hybridized carbons (Fsp3) is 0.333. The minimum atomic E-state index is 0.552. The Kier molecular flexibility index (Phi) is 3.82. The minimum Gasteiger partial charge on any atom is -0.467 e. The molecule has 1 aliphatic rings. The Labute approximate surface area is 140 Å². The van der Waals surface area contributed by atoms with Crippen molar-refractivity contribution in [3.8, 4) is 0 Å². The zero-order valence-electron chi connectivity index (χ0n) is 13.8. The molecule has 0 aromatic carbocycles. The van der Waals surface area contributed by atoms with E-state index in [1.54, 1.807) is 6.26 Å². The summed E-state index contributed by atoms with van der Waals surface area (Å²) in [7, 11) is 2.03. The molecule has 1 aliphatic heterocycles. The average Bonchev–Trinajstić information content (AvgIpc) is 3.22. The molecule has 0 radical (unpaired) electrons. The number of aromatic nitrogens is 2. The highest BCUT2D eigenvalue weighted by Crippen LogP contribution is 2.17. The Morgan fingerprint density at radius 2 is 2.17 bits per heavy atom. The summed E-state index contributed by atoms with van der Waals surface area (Å²) >= 11 is 0. The molecule has 1 fully saturated rings. The van der Waals surface area contributed by atoms with Gasteiger partial charge in [-0.05, 0) is 12.1 Å². The van der Waals surface area contributed by atoms with Crippen molar-refractivity contribution in [2.75, 3.05) is 26.2 Å². The summed E-state index contributed by atoms with van der Waals surface area (Å²) in [6.45, 7) is 4.28. The monoisotopic (exact) mass is 324 g/mol. The van der Waals surface area contributed by atoms with Crippen LogP contribution in [0.1, 0.15) is 11.3 Å². The molecular weight excluding hydrogens is 302 g/mol. The van der Waals surface area contributed by atoms with Gasteiger partial charge in [-0.3, -0.25) is 5.41 Å². The molecule has 0 spiro atoms. The molecule has 124 valence electrons. The first-order valence-corrected chi connectivity index (χ1v) is 8.27. The van der Waals surface area contributed by atoms with Crippen LogP contribution in [0.25, 0.3) is 10.9 Å². The van der Waals surface area contributed by atoms with Gasteiger partial charge < -0.3 is 19.2 Å². The number of aryl methyl sites for hydroxylation is 1. The molecule has 24 heavy (non-hydrogen) atoms. The lowest BCUT2D eigenvalue weighted by Gasteiger charge is -2.28. The van der Waals surface area contributed by atoms with Gasteiger partial charge in [0.05, 0.1) is 23.0 Å². The lowest BCUT2D eigenvalue weighted by Crippen LogP contribution is -2.46. The van der Waals surface area contributed by atoms with Crippen LogP contribution in [-0.2, 0) is 13.6 Å². The molecular formula is C18H22N5O+. The number of rotatable bonds is 3. The van der Waals surface area contributed by atoms with Crippen LogP contribution in [0.5, 0.6) is 0 Å². The number of nitrogens with one attached hydrogen (secondary N) is 2. The van der Waals surface area contributed by atoms with E-state index >= 15 is 0 Å². The molecule has 3 aromatic rings. The number of piperazine rings is 1. The molecule has 4 heterocycles. The molecule has 1 saturated heterocycles. The van der Waals surface area contributed by atoms with Crippen LogP contribution >= 0.6 is 0 Å². The summed E-state index contributed by atoms with van der Waals surface area (Å²) in [5, 5.41) is 12.9. The van der Waals surface area contributed by atoms with Gasteiger partial charge in [-0.1, -0.05) is 0 Å². The van der Waals surface area contributed by atoms with Crippen molar-refractivity contribution < 1.29 is 8.98 Å². The first-order valence-electron chi connectivity index (χ1n) is 8.27. The average molecular weight is 324 g/mol. The van der Waals surface area contributed by atoms with Crippen molar-refractivity contribution in [3.05, 3.63) is 54.4 Å². The van der Waals surface area contributed by atoms with Crippen molar-refractivity contribution in [2.45, 2.75) is 6.54 Å². The van der Waals surface area contributed by atoms with E-state index in [2.05, 4.69) is 39.3 Å². The number of hydrogen-bond acceptors (Lipinski definition) is 3. The SMILES string of the molecule is C[n+]1ccc2c(ccn2Cc2cc(C(=N)N3CCNCC3)co2)c1. The number of furan rings is 1. The summed E-state index contributed by atoms with van der Waals surface area (Å²) in [5.41, 5.74) is 2.04. The lowest BCUT2D eigenvalue weighted by atomic mass is 10.2. The Morgan fingerprint density at radius 3 is 3.00 bits per heavy atom. The number of nitrogens with zero attached hydrogens (tertiary/aromatic N) is 3. The molecule has 0 bridgehead atoms. The Hall–Kier alpha value is -2.60. The molecule has 0 unspecified atom stereocenters. The first kappa shape index (κ1) is 15.0. The highest BCUT2D eigenvalue weighted by atomic mass is 16.3. The van der Waals surface area contributed by atoms with Crippen molar-refractivity contribution in [2.24, 2.45) is 7.05 Å². The van der Waals surface area contributed by atoms with Crippen LogP contribution in [0.3, 0.4) is 0 Å². The molecule has 0 atom stereocenters. The van der Waals surface area contributed by atoms with E-state index < -0.39 is 0 Å². The number of pyridine rings is 1. The fourth-order valence-electron chi connectivity index (χ4n) is 3.22. The standard InChI is InChI=1S/C18H22N5O/c1-21-6-3-17-14(11-21)2-7-23(17)12-16-10-15(13-24-16)18(19)22-8-4-20-5-9-22/h2-3,6-7,10-11,13,19-20H,4-5,8-9,12H2,1H3/q+1. The largest absolute Gasteiger partial charge is 0.467 e. The second kappa shape index (κ2) is 6.13. The maximum absolute atomic E-state index is 8.37. The number of fused-ring (bicyclic) bond motifs is 1. The minimum absolute atomic E-state index is 0.552. The van der Waals surface area contributed by atoms with Crippen molar-refractivity contribution in [3.63, 3.8) is 0 Å². The maximum Gasteiger partial charge on any atom is 0.177 e. The fourth-order valence-corrected chi connectivity index (χ4v) is 3.22. The van der Waals surface area contributed by atoms with E-state index in [9.17, 15) is 0 Å². The van der Waals surface area contributed by atoms with E-state index in [4.69, 9.17) is 9.83 Å². The van der Waals surface area contributed by atoms with Gasteiger partial charge in [0.1, 0.15) is 24.9 Å². The molecule has 0 saturated carbocycles. The Bertz CT molecular complexity index is 873. The van der Waals surface area contributed by atoms with E-state index in [1.807, 2.05) is 23.9 Å². The summed E-state index contributed by atoms with van der Waals surface area (Å²) in [6.07, 6.45) is 7.94. The predicted molar refractivity (Wildman–Crippen MR) is 92.2 cm³/mol. The van der Waals surface area contributed by atoms with Gasteiger partial charge in [0.25, 0.3) is 0 Å². The van der Waals surface area contributed by atoms with Crippen LogP contribution in [0.4, 0.5) is 0 Å². The molecule has 6 heteroatoms. The van der Waals surface area contributed by atoms with Crippen molar-refractivity contribution in [1.29, 1.82) is 5.41 Å².